The summed E-state index contributed by atoms with van der Waals surface area (Å²) in [5.74, 6) is 0. The zero-order valence-electron chi connectivity index (χ0n) is 6.76. The SMILES string of the molecule is O=[N+]([O-])CC(CON(O)O)ON(O)O. The van der Waals surface area contributed by atoms with Crippen LogP contribution in [0, 0.1) is 10.1 Å². The molecular formula is C3H9N3O8. The molecule has 0 saturated carbocycles. The van der Waals surface area contributed by atoms with E-state index in [0.717, 1.165) is 0 Å². The van der Waals surface area contributed by atoms with Gasteiger partial charge in [-0.15, -0.1) is 0 Å². The quantitative estimate of drug-likeness (QED) is 0.296. The summed E-state index contributed by atoms with van der Waals surface area (Å²) in [7, 11) is 0. The summed E-state index contributed by atoms with van der Waals surface area (Å²) in [5.41, 5.74) is 0. The van der Waals surface area contributed by atoms with Gasteiger partial charge in [-0.05, 0) is 0 Å². The van der Waals surface area contributed by atoms with Crippen LogP contribution in [0.15, 0.2) is 0 Å². The molecule has 0 aliphatic heterocycles. The zero-order valence-corrected chi connectivity index (χ0v) is 6.76. The van der Waals surface area contributed by atoms with Crippen molar-refractivity contribution in [2.24, 2.45) is 0 Å². The predicted molar refractivity (Wildman–Crippen MR) is 33.5 cm³/mol. The van der Waals surface area contributed by atoms with E-state index in [9.17, 15) is 10.1 Å². The smallest absolute Gasteiger partial charge is 0.234 e. The fraction of sp³-hybridized carbons (Fsp3) is 1.00. The van der Waals surface area contributed by atoms with Crippen molar-refractivity contribution in [1.82, 2.24) is 10.8 Å². The molecule has 0 aliphatic carbocycles. The third kappa shape index (κ3) is 7.71. The van der Waals surface area contributed by atoms with Crippen molar-refractivity contribution in [3.8, 4) is 0 Å². The lowest BCUT2D eigenvalue weighted by Gasteiger charge is -2.15. The van der Waals surface area contributed by atoms with Crippen molar-refractivity contribution < 1.29 is 35.4 Å². The molecule has 0 aromatic heterocycles. The molecule has 0 heterocycles. The zero-order chi connectivity index (χ0) is 11.1. The average Bonchev–Trinajstić information content (AvgIpc) is 1.97. The minimum atomic E-state index is -1.39. The lowest BCUT2D eigenvalue weighted by molar-refractivity contribution is -0.558. The summed E-state index contributed by atoms with van der Waals surface area (Å²) in [6.45, 7) is -1.48. The van der Waals surface area contributed by atoms with Gasteiger partial charge in [0.2, 0.25) is 6.54 Å². The Hall–Kier alpha value is -0.920. The molecular weight excluding hydrogens is 206 g/mol. The van der Waals surface area contributed by atoms with Gasteiger partial charge in [-0.3, -0.25) is 30.9 Å². The Kier molecular flexibility index (Phi) is 6.09. The van der Waals surface area contributed by atoms with Crippen molar-refractivity contribution in [2.75, 3.05) is 13.2 Å². The highest BCUT2D eigenvalue weighted by atomic mass is 17.1. The van der Waals surface area contributed by atoms with Crippen LogP contribution in [0.1, 0.15) is 0 Å². The highest BCUT2D eigenvalue weighted by Gasteiger charge is 2.20. The molecule has 0 amide bonds. The van der Waals surface area contributed by atoms with Crippen LogP contribution in [-0.2, 0) is 9.68 Å². The number of hydrogen-bond donors (Lipinski definition) is 4. The molecule has 0 fully saturated rings. The van der Waals surface area contributed by atoms with E-state index < -0.39 is 35.0 Å². The molecule has 0 aromatic carbocycles. The van der Waals surface area contributed by atoms with Crippen molar-refractivity contribution in [3.05, 3.63) is 10.1 Å². The maximum absolute atomic E-state index is 9.99. The normalized spacial score (nSPS) is 13.6. The van der Waals surface area contributed by atoms with E-state index in [0.29, 0.717) is 0 Å². The molecule has 14 heavy (non-hydrogen) atoms. The van der Waals surface area contributed by atoms with Crippen LogP contribution in [0.3, 0.4) is 0 Å². The summed E-state index contributed by atoms with van der Waals surface area (Å²) in [6, 6.07) is 0. The molecule has 4 N–H and O–H groups in total. The van der Waals surface area contributed by atoms with E-state index in [-0.39, 0.29) is 0 Å². The number of rotatable bonds is 7. The predicted octanol–water partition coefficient (Wildman–Crippen LogP) is -1.34. The van der Waals surface area contributed by atoms with Crippen LogP contribution in [0.5, 0.6) is 0 Å². The minimum Gasteiger partial charge on any atom is -0.266 e. The van der Waals surface area contributed by atoms with E-state index in [1.165, 1.54) is 0 Å². The molecule has 11 nitrogen and oxygen atoms in total. The van der Waals surface area contributed by atoms with E-state index in [4.69, 9.17) is 20.8 Å². The third-order valence-corrected chi connectivity index (χ3v) is 0.972. The lowest BCUT2D eigenvalue weighted by atomic mass is 10.4. The van der Waals surface area contributed by atoms with Crippen molar-refractivity contribution in [2.45, 2.75) is 6.10 Å². The maximum atomic E-state index is 9.99. The first-order valence-electron chi connectivity index (χ1n) is 3.19. The highest BCUT2D eigenvalue weighted by molar-refractivity contribution is 4.50. The molecule has 84 valence electrons. The second kappa shape index (κ2) is 6.52. The second-order valence-corrected chi connectivity index (χ2v) is 2.04. The van der Waals surface area contributed by atoms with Gasteiger partial charge in [0.25, 0.3) is 0 Å². The largest absolute Gasteiger partial charge is 0.266 e. The lowest BCUT2D eigenvalue weighted by Crippen LogP contribution is -2.35. The number of hydrogen-bond acceptors (Lipinski definition) is 10. The van der Waals surface area contributed by atoms with Gasteiger partial charge in [-0.25, -0.2) is 9.68 Å². The summed E-state index contributed by atoms with van der Waals surface area (Å²) in [5, 5.41) is 41.0. The highest BCUT2D eigenvalue weighted by Crippen LogP contribution is 1.96. The Labute approximate surface area is 76.8 Å². The first-order valence-corrected chi connectivity index (χ1v) is 3.19. The van der Waals surface area contributed by atoms with Gasteiger partial charge in [0, 0.05) is 4.92 Å². The van der Waals surface area contributed by atoms with Gasteiger partial charge < -0.3 is 0 Å². The van der Waals surface area contributed by atoms with Gasteiger partial charge in [-0.2, -0.15) is 0 Å². The van der Waals surface area contributed by atoms with Crippen LogP contribution >= 0.6 is 0 Å². The van der Waals surface area contributed by atoms with E-state index in [2.05, 4.69) is 9.68 Å². The Morgan fingerprint density at radius 3 is 2.21 bits per heavy atom. The van der Waals surface area contributed by atoms with E-state index >= 15 is 0 Å². The molecule has 0 aliphatic rings. The monoisotopic (exact) mass is 215 g/mol. The molecule has 0 aromatic rings. The topological polar surface area (TPSA) is 149 Å². The second-order valence-electron chi connectivity index (χ2n) is 2.04. The Bertz CT molecular complexity index is 173. The van der Waals surface area contributed by atoms with Crippen LogP contribution in [0.4, 0.5) is 0 Å². The molecule has 1 atom stereocenters. The van der Waals surface area contributed by atoms with Crippen LogP contribution < -0.4 is 0 Å². The van der Waals surface area contributed by atoms with Gasteiger partial charge in [0.05, 0.1) is 10.8 Å². The molecule has 0 rings (SSSR count). The Balaban J connectivity index is 3.90. The summed E-state index contributed by atoms with van der Waals surface area (Å²) in [4.78, 5) is 17.2. The minimum absolute atomic E-state index is 0.661. The molecule has 11 heteroatoms. The Morgan fingerprint density at radius 2 is 1.86 bits per heavy atom. The number of nitro groups is 1. The molecule has 0 saturated heterocycles. The standard InChI is InChI=1S/C3H9N3O8/c7-4(8)1-3(14-6(11)12)2-13-5(9)10/h3,9-12H,1-2H2. The molecule has 1 unspecified atom stereocenters. The van der Waals surface area contributed by atoms with Crippen LogP contribution in [-0.4, -0.2) is 55.8 Å². The average molecular weight is 215 g/mol. The third-order valence-electron chi connectivity index (χ3n) is 0.972. The van der Waals surface area contributed by atoms with Gasteiger partial charge in [0.15, 0.2) is 6.10 Å². The van der Waals surface area contributed by atoms with Crippen molar-refractivity contribution >= 4 is 0 Å². The first kappa shape index (κ1) is 13.1. The van der Waals surface area contributed by atoms with Gasteiger partial charge in [-0.1, -0.05) is 0 Å². The first-order chi connectivity index (χ1) is 6.41. The van der Waals surface area contributed by atoms with Crippen molar-refractivity contribution in [3.63, 3.8) is 0 Å². The maximum Gasteiger partial charge on any atom is 0.234 e. The fourth-order valence-corrected chi connectivity index (χ4v) is 0.566. The Morgan fingerprint density at radius 1 is 1.29 bits per heavy atom. The van der Waals surface area contributed by atoms with Gasteiger partial charge in [0.1, 0.15) is 6.61 Å². The summed E-state index contributed by atoms with van der Waals surface area (Å²) >= 11 is 0. The van der Waals surface area contributed by atoms with Crippen LogP contribution in [0.2, 0.25) is 0 Å². The van der Waals surface area contributed by atoms with Crippen LogP contribution in [0.25, 0.3) is 0 Å². The summed E-state index contributed by atoms with van der Waals surface area (Å²) in [6.07, 6.45) is -1.39. The fourth-order valence-electron chi connectivity index (χ4n) is 0.566. The van der Waals surface area contributed by atoms with Crippen molar-refractivity contribution in [1.29, 1.82) is 0 Å². The molecule has 0 radical (unpaired) electrons. The number of nitrogens with zero attached hydrogens (tertiary/aromatic N) is 3. The summed E-state index contributed by atoms with van der Waals surface area (Å²) < 4.78 is 0. The molecule has 0 bridgehead atoms. The van der Waals surface area contributed by atoms with Gasteiger partial charge >= 0.3 is 0 Å². The van der Waals surface area contributed by atoms with E-state index in [1.807, 2.05) is 0 Å². The van der Waals surface area contributed by atoms with E-state index in [1.54, 1.807) is 0 Å². The molecule has 0 spiro atoms.